The third kappa shape index (κ3) is 3.84. The van der Waals surface area contributed by atoms with Crippen molar-refractivity contribution in [2.45, 2.75) is 13.5 Å². The Kier molecular flexibility index (Phi) is 5.01. The summed E-state index contributed by atoms with van der Waals surface area (Å²) in [6, 6.07) is 17.9. The molecule has 1 saturated heterocycles. The highest BCUT2D eigenvalue weighted by Gasteiger charge is 2.14. The van der Waals surface area contributed by atoms with E-state index in [0.29, 0.717) is 0 Å². The molecule has 0 spiro atoms. The lowest BCUT2D eigenvalue weighted by Gasteiger charge is -2.32. The lowest BCUT2D eigenvalue weighted by atomic mass is 10.00. The van der Waals surface area contributed by atoms with E-state index < -0.39 is 0 Å². The number of nitrogens with one attached hydrogen (secondary N) is 2. The van der Waals surface area contributed by atoms with Gasteiger partial charge in [-0.15, -0.1) is 0 Å². The molecule has 0 atom stereocenters. The van der Waals surface area contributed by atoms with Gasteiger partial charge in [0, 0.05) is 78.7 Å². The summed E-state index contributed by atoms with van der Waals surface area (Å²) >= 11 is 0. The van der Waals surface area contributed by atoms with Crippen LogP contribution in [-0.4, -0.2) is 58.0 Å². The minimum absolute atomic E-state index is 0.923. The zero-order valence-corrected chi connectivity index (χ0v) is 19.2. The summed E-state index contributed by atoms with van der Waals surface area (Å²) in [5, 5.41) is 2.42. The fraction of sp³-hybridized carbons (Fsp3) is 0.250. The number of hydrogen-bond donors (Lipinski definition) is 2. The van der Waals surface area contributed by atoms with Crippen LogP contribution in [0, 0.1) is 6.92 Å². The van der Waals surface area contributed by atoms with E-state index in [9.17, 15) is 0 Å². The second-order valence-electron chi connectivity index (χ2n) is 9.33. The predicted octanol–water partition coefficient (Wildman–Crippen LogP) is 5.43. The van der Waals surface area contributed by atoms with Gasteiger partial charge in [-0.05, 0) is 54.4 Å². The van der Waals surface area contributed by atoms with Crippen molar-refractivity contribution in [1.82, 2.24) is 24.8 Å². The fourth-order valence-electron chi connectivity index (χ4n) is 4.89. The maximum Gasteiger partial charge on any atom is 0.137 e. The van der Waals surface area contributed by atoms with Crippen LogP contribution in [-0.2, 0) is 6.54 Å². The molecule has 0 radical (unpaired) electrons. The fourth-order valence-corrected chi connectivity index (χ4v) is 4.89. The number of aromatic amines is 2. The van der Waals surface area contributed by atoms with Gasteiger partial charge in [-0.25, -0.2) is 4.98 Å². The van der Waals surface area contributed by atoms with Crippen LogP contribution in [0.1, 0.15) is 11.1 Å². The van der Waals surface area contributed by atoms with Gasteiger partial charge < -0.3 is 14.9 Å². The van der Waals surface area contributed by atoms with Crippen LogP contribution in [0.4, 0.5) is 0 Å². The standard InChI is InChI=1S/C28H29N5/c1-19-15-29-27-8-7-22(13-24(19)27)26-17-31-28-25(26)14-23(16-30-28)21-5-3-20(4-6-21)18-33-11-9-32(2)10-12-33/h3-8,13-17,29H,9-12,18H2,1-2H3,(H,30,31). The first kappa shape index (κ1) is 20.2. The van der Waals surface area contributed by atoms with Crippen molar-refractivity contribution in [3.8, 4) is 22.3 Å². The van der Waals surface area contributed by atoms with Crippen molar-refractivity contribution in [2.24, 2.45) is 0 Å². The van der Waals surface area contributed by atoms with E-state index in [0.717, 1.165) is 49.3 Å². The summed E-state index contributed by atoms with van der Waals surface area (Å²) in [5.74, 6) is 0. The molecule has 1 fully saturated rings. The second-order valence-corrected chi connectivity index (χ2v) is 9.33. The van der Waals surface area contributed by atoms with Crippen LogP contribution in [0.15, 0.2) is 67.1 Å². The van der Waals surface area contributed by atoms with Crippen LogP contribution >= 0.6 is 0 Å². The number of nitrogens with zero attached hydrogens (tertiary/aromatic N) is 3. The SMILES string of the molecule is Cc1c[nH]c2ccc(-c3c[nH]c4ncc(-c5ccc(CN6CCN(C)CC6)cc5)cc34)cc12. The Hall–Kier alpha value is -3.41. The van der Waals surface area contributed by atoms with Crippen molar-refractivity contribution in [3.63, 3.8) is 0 Å². The topological polar surface area (TPSA) is 51.0 Å². The lowest BCUT2D eigenvalue weighted by molar-refractivity contribution is 0.148. The number of aryl methyl sites for hydroxylation is 1. The zero-order chi connectivity index (χ0) is 22.4. The molecule has 3 aromatic heterocycles. The first-order valence-corrected chi connectivity index (χ1v) is 11.7. The number of piperazine rings is 1. The van der Waals surface area contributed by atoms with Crippen LogP contribution in [0.25, 0.3) is 44.2 Å². The first-order valence-electron chi connectivity index (χ1n) is 11.7. The van der Waals surface area contributed by atoms with E-state index in [2.05, 4.69) is 94.7 Å². The van der Waals surface area contributed by atoms with Gasteiger partial charge in [0.2, 0.25) is 0 Å². The molecule has 0 bridgehead atoms. The summed E-state index contributed by atoms with van der Waals surface area (Å²) in [4.78, 5) is 16.3. The summed E-state index contributed by atoms with van der Waals surface area (Å²) in [6.07, 6.45) is 6.11. The zero-order valence-electron chi connectivity index (χ0n) is 19.2. The molecule has 0 unspecified atom stereocenters. The Morgan fingerprint density at radius 3 is 2.39 bits per heavy atom. The Morgan fingerprint density at radius 1 is 0.818 bits per heavy atom. The van der Waals surface area contributed by atoms with Crippen molar-refractivity contribution in [3.05, 3.63) is 78.2 Å². The van der Waals surface area contributed by atoms with E-state index in [1.807, 2.05) is 6.20 Å². The van der Waals surface area contributed by atoms with E-state index >= 15 is 0 Å². The number of H-pyrrole nitrogens is 2. The van der Waals surface area contributed by atoms with Crippen molar-refractivity contribution >= 4 is 21.9 Å². The predicted molar refractivity (Wildman–Crippen MR) is 136 cm³/mol. The third-order valence-electron chi connectivity index (χ3n) is 7.02. The number of rotatable bonds is 4. The van der Waals surface area contributed by atoms with Gasteiger partial charge in [-0.1, -0.05) is 30.3 Å². The highest BCUT2D eigenvalue weighted by molar-refractivity contribution is 5.98. The Bertz CT molecular complexity index is 1420. The van der Waals surface area contributed by atoms with Gasteiger partial charge in [-0.2, -0.15) is 0 Å². The molecule has 0 saturated carbocycles. The van der Waals surface area contributed by atoms with Crippen LogP contribution in [0.2, 0.25) is 0 Å². The average Bonchev–Trinajstić information content (AvgIpc) is 3.44. The van der Waals surface area contributed by atoms with E-state index in [4.69, 9.17) is 4.98 Å². The molecule has 2 N–H and O–H groups in total. The molecular formula is C28H29N5. The van der Waals surface area contributed by atoms with E-state index in [-0.39, 0.29) is 0 Å². The number of pyridine rings is 1. The number of benzene rings is 2. The lowest BCUT2D eigenvalue weighted by Crippen LogP contribution is -2.43. The molecule has 0 amide bonds. The molecule has 2 aromatic carbocycles. The molecule has 6 rings (SSSR count). The van der Waals surface area contributed by atoms with Crippen molar-refractivity contribution in [2.75, 3.05) is 33.2 Å². The highest BCUT2D eigenvalue weighted by atomic mass is 15.2. The Balaban J connectivity index is 1.29. The van der Waals surface area contributed by atoms with Gasteiger partial charge in [0.05, 0.1) is 0 Å². The number of fused-ring (bicyclic) bond motifs is 2. The van der Waals surface area contributed by atoms with Crippen molar-refractivity contribution in [1.29, 1.82) is 0 Å². The van der Waals surface area contributed by atoms with Gasteiger partial charge in [0.1, 0.15) is 5.65 Å². The Labute approximate surface area is 194 Å². The number of aromatic nitrogens is 3. The molecule has 33 heavy (non-hydrogen) atoms. The quantitative estimate of drug-likeness (QED) is 0.396. The van der Waals surface area contributed by atoms with Gasteiger partial charge >= 0.3 is 0 Å². The van der Waals surface area contributed by atoms with Crippen LogP contribution < -0.4 is 0 Å². The summed E-state index contributed by atoms with van der Waals surface area (Å²) in [6.45, 7) is 7.75. The van der Waals surface area contributed by atoms with Crippen LogP contribution in [0.3, 0.4) is 0 Å². The molecule has 1 aliphatic heterocycles. The molecule has 166 valence electrons. The van der Waals surface area contributed by atoms with E-state index in [1.165, 1.54) is 38.7 Å². The highest BCUT2D eigenvalue weighted by Crippen LogP contribution is 2.33. The minimum Gasteiger partial charge on any atom is -0.361 e. The van der Waals surface area contributed by atoms with Gasteiger partial charge in [0.25, 0.3) is 0 Å². The van der Waals surface area contributed by atoms with E-state index in [1.54, 1.807) is 0 Å². The first-order chi connectivity index (χ1) is 16.1. The van der Waals surface area contributed by atoms with Crippen LogP contribution in [0.5, 0.6) is 0 Å². The molecule has 5 nitrogen and oxygen atoms in total. The molecule has 1 aliphatic rings. The maximum absolute atomic E-state index is 4.72. The normalized spacial score (nSPS) is 15.6. The van der Waals surface area contributed by atoms with Crippen molar-refractivity contribution < 1.29 is 0 Å². The molecule has 4 heterocycles. The number of likely N-dealkylation sites (N-methyl/N-ethyl adjacent to an activating group) is 1. The maximum atomic E-state index is 4.72. The molecule has 0 aliphatic carbocycles. The minimum atomic E-state index is 0.923. The van der Waals surface area contributed by atoms with Gasteiger partial charge in [-0.3, -0.25) is 4.90 Å². The number of hydrogen-bond acceptors (Lipinski definition) is 3. The molecule has 5 heteroatoms. The second kappa shape index (κ2) is 8.18. The molecule has 5 aromatic rings. The molecular weight excluding hydrogens is 406 g/mol. The average molecular weight is 436 g/mol. The Morgan fingerprint density at radius 2 is 1.58 bits per heavy atom. The monoisotopic (exact) mass is 435 g/mol. The smallest absolute Gasteiger partial charge is 0.137 e. The largest absolute Gasteiger partial charge is 0.361 e. The van der Waals surface area contributed by atoms with Gasteiger partial charge in [0.15, 0.2) is 0 Å². The summed E-state index contributed by atoms with van der Waals surface area (Å²) in [5.41, 5.74) is 9.48. The third-order valence-corrected chi connectivity index (χ3v) is 7.02. The summed E-state index contributed by atoms with van der Waals surface area (Å²) < 4.78 is 0. The summed E-state index contributed by atoms with van der Waals surface area (Å²) in [7, 11) is 2.20.